The zero-order valence-corrected chi connectivity index (χ0v) is 12.2. The molecule has 1 aliphatic heterocycles. The Balaban J connectivity index is 2.20. The van der Waals surface area contributed by atoms with Gasteiger partial charge in [0.1, 0.15) is 11.0 Å². The second-order valence-electron chi connectivity index (χ2n) is 4.64. The Morgan fingerprint density at radius 1 is 1.47 bits per heavy atom. The van der Waals surface area contributed by atoms with Gasteiger partial charge < -0.3 is 20.3 Å². The van der Waals surface area contributed by atoms with Gasteiger partial charge in [0, 0.05) is 26.2 Å². The van der Waals surface area contributed by atoms with E-state index in [4.69, 9.17) is 16.3 Å². The van der Waals surface area contributed by atoms with Gasteiger partial charge in [-0.25, -0.2) is 4.98 Å². The average molecular weight is 286 g/mol. The summed E-state index contributed by atoms with van der Waals surface area (Å²) < 4.78 is 5.77. The first-order chi connectivity index (χ1) is 9.13. The minimum Gasteiger partial charge on any atom is -0.373 e. The highest BCUT2D eigenvalue weighted by Crippen LogP contribution is 2.23. The summed E-state index contributed by atoms with van der Waals surface area (Å²) in [5.41, 5.74) is 0. The van der Waals surface area contributed by atoms with Crippen LogP contribution in [0.1, 0.15) is 6.92 Å². The Morgan fingerprint density at radius 3 is 2.95 bits per heavy atom. The fourth-order valence-corrected chi connectivity index (χ4v) is 2.33. The molecule has 19 heavy (non-hydrogen) atoms. The van der Waals surface area contributed by atoms with Crippen LogP contribution in [0.5, 0.6) is 0 Å². The molecule has 106 valence electrons. The molecule has 2 rings (SSSR count). The van der Waals surface area contributed by atoms with E-state index in [9.17, 15) is 0 Å². The second-order valence-corrected chi connectivity index (χ2v) is 5.02. The monoisotopic (exact) mass is 285 g/mol. The summed E-state index contributed by atoms with van der Waals surface area (Å²) in [7, 11) is 3.70. The van der Waals surface area contributed by atoms with E-state index in [1.54, 1.807) is 13.1 Å². The van der Waals surface area contributed by atoms with Crippen LogP contribution in [-0.4, -0.2) is 55.9 Å². The normalized spacial score (nSPS) is 23.5. The van der Waals surface area contributed by atoms with Gasteiger partial charge in [-0.1, -0.05) is 11.6 Å². The van der Waals surface area contributed by atoms with E-state index in [1.807, 2.05) is 7.05 Å². The molecule has 0 unspecified atom stereocenters. The molecule has 0 aromatic carbocycles. The Bertz CT molecular complexity index is 431. The van der Waals surface area contributed by atoms with Crippen molar-refractivity contribution in [2.24, 2.45) is 0 Å². The van der Waals surface area contributed by atoms with Crippen LogP contribution in [0.2, 0.25) is 5.15 Å². The van der Waals surface area contributed by atoms with Crippen LogP contribution < -0.4 is 15.5 Å². The van der Waals surface area contributed by atoms with Crippen molar-refractivity contribution in [3.05, 3.63) is 11.2 Å². The summed E-state index contributed by atoms with van der Waals surface area (Å²) in [6.07, 6.45) is 0.160. The van der Waals surface area contributed by atoms with Crippen molar-refractivity contribution in [3.8, 4) is 0 Å². The summed E-state index contributed by atoms with van der Waals surface area (Å²) in [6.45, 7) is 4.41. The third kappa shape index (κ3) is 3.46. The molecule has 0 amide bonds. The van der Waals surface area contributed by atoms with Gasteiger partial charge in [-0.05, 0) is 14.0 Å². The predicted octanol–water partition coefficient (Wildman–Crippen LogP) is 0.985. The van der Waals surface area contributed by atoms with Crippen molar-refractivity contribution in [2.45, 2.75) is 19.1 Å². The molecule has 0 saturated carbocycles. The zero-order valence-electron chi connectivity index (χ0n) is 11.5. The van der Waals surface area contributed by atoms with E-state index in [0.717, 1.165) is 18.9 Å². The molecule has 1 fully saturated rings. The Hall–Kier alpha value is -1.11. The largest absolute Gasteiger partial charge is 0.373 e. The second kappa shape index (κ2) is 6.36. The number of nitrogens with zero attached hydrogens (tertiary/aromatic N) is 3. The lowest BCUT2D eigenvalue weighted by molar-refractivity contribution is 0.0240. The summed E-state index contributed by atoms with van der Waals surface area (Å²) >= 11 is 6.03. The number of hydrogen-bond acceptors (Lipinski definition) is 6. The highest BCUT2D eigenvalue weighted by Gasteiger charge is 2.27. The molecule has 0 radical (unpaired) electrons. The summed E-state index contributed by atoms with van der Waals surface area (Å²) in [4.78, 5) is 10.8. The molecule has 0 bridgehead atoms. The third-order valence-electron chi connectivity index (χ3n) is 3.14. The van der Waals surface area contributed by atoms with Crippen molar-refractivity contribution in [2.75, 3.05) is 44.0 Å². The first kappa shape index (κ1) is 14.3. The SMILES string of the molecule is CNC[C@@H]1CN(c2cc(Cl)nc(NC)n2)[C@H](C)CO1. The molecule has 2 atom stereocenters. The smallest absolute Gasteiger partial charge is 0.225 e. The number of likely N-dealkylation sites (N-methyl/N-ethyl adjacent to an activating group) is 1. The Labute approximate surface area is 118 Å². The molecule has 1 aromatic heterocycles. The van der Waals surface area contributed by atoms with E-state index in [2.05, 4.69) is 32.4 Å². The standard InChI is InChI=1S/C12H20ClN5O/c1-8-7-19-9(5-14-2)6-18(8)11-4-10(13)16-12(15-3)17-11/h4,8-9,14H,5-7H2,1-3H3,(H,15,16,17)/t8-,9-/m1/s1. The first-order valence-electron chi connectivity index (χ1n) is 6.39. The van der Waals surface area contributed by atoms with Gasteiger partial charge >= 0.3 is 0 Å². The van der Waals surface area contributed by atoms with E-state index >= 15 is 0 Å². The van der Waals surface area contributed by atoms with Crippen LogP contribution in [0.15, 0.2) is 6.07 Å². The molecular formula is C12H20ClN5O. The molecule has 1 aromatic rings. The lowest BCUT2D eigenvalue weighted by Gasteiger charge is -2.38. The quantitative estimate of drug-likeness (QED) is 0.805. The number of hydrogen-bond donors (Lipinski definition) is 2. The van der Waals surface area contributed by atoms with E-state index < -0.39 is 0 Å². The molecule has 2 heterocycles. The topological polar surface area (TPSA) is 62.3 Å². The highest BCUT2D eigenvalue weighted by molar-refractivity contribution is 6.29. The van der Waals surface area contributed by atoms with Gasteiger partial charge in [-0.3, -0.25) is 0 Å². The lowest BCUT2D eigenvalue weighted by Crippen LogP contribution is -2.51. The molecule has 0 spiro atoms. The molecule has 0 aliphatic carbocycles. The van der Waals surface area contributed by atoms with Crippen LogP contribution in [-0.2, 0) is 4.74 Å². The number of aromatic nitrogens is 2. The van der Waals surface area contributed by atoms with Gasteiger partial charge in [0.2, 0.25) is 5.95 Å². The Morgan fingerprint density at radius 2 is 2.26 bits per heavy atom. The minimum atomic E-state index is 0.160. The van der Waals surface area contributed by atoms with Crippen LogP contribution in [0.4, 0.5) is 11.8 Å². The summed E-state index contributed by atoms with van der Waals surface area (Å²) in [6, 6.07) is 2.06. The fourth-order valence-electron chi connectivity index (χ4n) is 2.15. The Kier molecular flexibility index (Phi) is 4.79. The maximum atomic E-state index is 6.03. The van der Waals surface area contributed by atoms with Gasteiger partial charge in [0.05, 0.1) is 18.8 Å². The lowest BCUT2D eigenvalue weighted by atomic mass is 10.2. The number of ether oxygens (including phenoxy) is 1. The van der Waals surface area contributed by atoms with E-state index in [-0.39, 0.29) is 12.1 Å². The molecular weight excluding hydrogens is 266 g/mol. The van der Waals surface area contributed by atoms with Crippen molar-refractivity contribution >= 4 is 23.4 Å². The molecule has 1 saturated heterocycles. The van der Waals surface area contributed by atoms with Crippen LogP contribution >= 0.6 is 11.6 Å². The molecule has 7 heteroatoms. The number of anilines is 2. The van der Waals surface area contributed by atoms with E-state index in [0.29, 0.717) is 17.7 Å². The van der Waals surface area contributed by atoms with Gasteiger partial charge in [0.25, 0.3) is 0 Å². The zero-order chi connectivity index (χ0) is 13.8. The predicted molar refractivity (Wildman–Crippen MR) is 77.1 cm³/mol. The number of rotatable bonds is 4. The fraction of sp³-hybridized carbons (Fsp3) is 0.667. The van der Waals surface area contributed by atoms with Crippen molar-refractivity contribution in [1.29, 1.82) is 0 Å². The van der Waals surface area contributed by atoms with Crippen molar-refractivity contribution in [1.82, 2.24) is 15.3 Å². The van der Waals surface area contributed by atoms with Crippen molar-refractivity contribution < 1.29 is 4.74 Å². The molecule has 2 N–H and O–H groups in total. The van der Waals surface area contributed by atoms with Gasteiger partial charge in [0.15, 0.2) is 0 Å². The van der Waals surface area contributed by atoms with Gasteiger partial charge in [-0.15, -0.1) is 0 Å². The maximum absolute atomic E-state index is 6.03. The summed E-state index contributed by atoms with van der Waals surface area (Å²) in [5, 5.41) is 6.50. The molecule has 6 nitrogen and oxygen atoms in total. The van der Waals surface area contributed by atoms with Crippen molar-refractivity contribution in [3.63, 3.8) is 0 Å². The maximum Gasteiger partial charge on any atom is 0.225 e. The first-order valence-corrected chi connectivity index (χ1v) is 6.77. The minimum absolute atomic E-state index is 0.160. The number of halogens is 1. The van der Waals surface area contributed by atoms with Crippen LogP contribution in [0, 0.1) is 0 Å². The molecule has 1 aliphatic rings. The number of nitrogens with one attached hydrogen (secondary N) is 2. The van der Waals surface area contributed by atoms with Crippen LogP contribution in [0.3, 0.4) is 0 Å². The highest BCUT2D eigenvalue weighted by atomic mass is 35.5. The average Bonchev–Trinajstić information content (AvgIpc) is 2.40. The number of morpholine rings is 1. The van der Waals surface area contributed by atoms with Gasteiger partial charge in [-0.2, -0.15) is 4.98 Å². The third-order valence-corrected chi connectivity index (χ3v) is 3.33. The van der Waals surface area contributed by atoms with E-state index in [1.165, 1.54) is 0 Å². The summed E-state index contributed by atoms with van der Waals surface area (Å²) in [5.74, 6) is 1.37. The van der Waals surface area contributed by atoms with Crippen LogP contribution in [0.25, 0.3) is 0 Å².